The van der Waals surface area contributed by atoms with Crippen molar-refractivity contribution in [3.8, 4) is 11.8 Å². The fourth-order valence-electron chi connectivity index (χ4n) is 3.79. The van der Waals surface area contributed by atoms with Crippen molar-refractivity contribution >= 4 is 5.91 Å². The highest BCUT2D eigenvalue weighted by Crippen LogP contribution is 2.47. The van der Waals surface area contributed by atoms with Crippen LogP contribution >= 0.6 is 0 Å². The Morgan fingerprint density at radius 2 is 2.00 bits per heavy atom. The number of hydrogen-bond acceptors (Lipinski definition) is 5. The van der Waals surface area contributed by atoms with Gasteiger partial charge in [-0.2, -0.15) is 5.26 Å². The topological polar surface area (TPSA) is 82.8 Å². The standard InChI is InChI=1S/C22H30N2O4/c1-20(2)19(28-22(5,6)21(3,4)26)18(24-11-7-8-17(24)25)15-12-14(13-23)9-10-16(15)27-20/h9-10,12,18-19,26H,7-8,11H2,1-6H3. The number of likely N-dealkylation sites (tertiary alicyclic amines) is 1. The predicted molar refractivity (Wildman–Crippen MR) is 105 cm³/mol. The second kappa shape index (κ2) is 6.75. The van der Waals surface area contributed by atoms with Crippen LogP contribution in [0.15, 0.2) is 18.2 Å². The number of aliphatic hydroxyl groups is 1. The average Bonchev–Trinajstić information content (AvgIpc) is 2.99. The van der Waals surface area contributed by atoms with E-state index in [0.29, 0.717) is 24.3 Å². The van der Waals surface area contributed by atoms with Crippen LogP contribution in [0, 0.1) is 11.3 Å². The van der Waals surface area contributed by atoms with Gasteiger partial charge in [0, 0.05) is 18.5 Å². The minimum Gasteiger partial charge on any atom is -0.485 e. The van der Waals surface area contributed by atoms with Gasteiger partial charge >= 0.3 is 0 Å². The van der Waals surface area contributed by atoms with E-state index in [9.17, 15) is 15.2 Å². The number of fused-ring (bicyclic) bond motifs is 1. The van der Waals surface area contributed by atoms with Gasteiger partial charge in [-0.3, -0.25) is 4.79 Å². The van der Waals surface area contributed by atoms with Gasteiger partial charge < -0.3 is 19.5 Å². The summed E-state index contributed by atoms with van der Waals surface area (Å²) in [5.41, 5.74) is -1.43. The normalized spacial score (nSPS) is 24.5. The Bertz CT molecular complexity index is 817. The molecule has 1 N–H and O–H groups in total. The van der Waals surface area contributed by atoms with E-state index in [4.69, 9.17) is 9.47 Å². The molecule has 2 heterocycles. The molecule has 1 fully saturated rings. The number of rotatable bonds is 4. The summed E-state index contributed by atoms with van der Waals surface area (Å²) in [7, 11) is 0. The molecule has 0 saturated carbocycles. The molecule has 2 unspecified atom stereocenters. The highest BCUT2D eigenvalue weighted by atomic mass is 16.6. The van der Waals surface area contributed by atoms with Gasteiger partial charge in [-0.05, 0) is 66.2 Å². The predicted octanol–water partition coefficient (Wildman–Crippen LogP) is 3.33. The van der Waals surface area contributed by atoms with Crippen molar-refractivity contribution in [2.45, 2.75) is 83.3 Å². The molecule has 0 bridgehead atoms. The molecule has 6 nitrogen and oxygen atoms in total. The smallest absolute Gasteiger partial charge is 0.223 e. The van der Waals surface area contributed by atoms with Crippen LogP contribution < -0.4 is 4.74 Å². The van der Waals surface area contributed by atoms with Crippen molar-refractivity contribution in [2.75, 3.05) is 6.54 Å². The van der Waals surface area contributed by atoms with Crippen molar-refractivity contribution in [1.82, 2.24) is 4.90 Å². The zero-order chi connectivity index (χ0) is 20.9. The number of carbonyl (C=O) groups is 1. The van der Waals surface area contributed by atoms with Gasteiger partial charge in [0.1, 0.15) is 17.5 Å². The van der Waals surface area contributed by atoms with Gasteiger partial charge in [-0.15, -0.1) is 0 Å². The van der Waals surface area contributed by atoms with Crippen LogP contribution in [-0.2, 0) is 9.53 Å². The third-order valence-electron chi connectivity index (χ3n) is 6.14. The second-order valence-electron chi connectivity index (χ2n) is 9.31. The van der Waals surface area contributed by atoms with Crippen LogP contribution in [0.4, 0.5) is 0 Å². The van der Waals surface area contributed by atoms with E-state index >= 15 is 0 Å². The van der Waals surface area contributed by atoms with Gasteiger partial charge in [-0.1, -0.05) is 0 Å². The van der Waals surface area contributed by atoms with Gasteiger partial charge in [0.15, 0.2) is 0 Å². The highest BCUT2D eigenvalue weighted by Gasteiger charge is 2.52. The molecule has 2 atom stereocenters. The summed E-state index contributed by atoms with van der Waals surface area (Å²) in [6.07, 6.45) is 0.787. The first-order valence-corrected chi connectivity index (χ1v) is 9.80. The number of nitrogens with zero attached hydrogens (tertiary/aromatic N) is 2. The quantitative estimate of drug-likeness (QED) is 0.858. The summed E-state index contributed by atoms with van der Waals surface area (Å²) in [6, 6.07) is 7.08. The lowest BCUT2D eigenvalue weighted by molar-refractivity contribution is -0.228. The van der Waals surface area contributed by atoms with Gasteiger partial charge in [0.25, 0.3) is 0 Å². The Balaban J connectivity index is 2.14. The van der Waals surface area contributed by atoms with Crippen LogP contribution in [0.3, 0.4) is 0 Å². The van der Waals surface area contributed by atoms with Gasteiger partial charge in [0.05, 0.1) is 28.9 Å². The van der Waals surface area contributed by atoms with Crippen molar-refractivity contribution in [3.05, 3.63) is 29.3 Å². The first-order valence-electron chi connectivity index (χ1n) is 9.80. The monoisotopic (exact) mass is 386 g/mol. The number of benzene rings is 1. The first-order chi connectivity index (χ1) is 12.9. The minimum absolute atomic E-state index is 0.0747. The van der Waals surface area contributed by atoms with Crippen molar-refractivity contribution in [2.24, 2.45) is 0 Å². The lowest BCUT2D eigenvalue weighted by atomic mass is 9.82. The summed E-state index contributed by atoms with van der Waals surface area (Å²) >= 11 is 0. The number of ether oxygens (including phenoxy) is 2. The fourth-order valence-corrected chi connectivity index (χ4v) is 3.79. The van der Waals surface area contributed by atoms with Crippen LogP contribution in [0.25, 0.3) is 0 Å². The summed E-state index contributed by atoms with van der Waals surface area (Å²) < 4.78 is 12.8. The summed E-state index contributed by atoms with van der Waals surface area (Å²) in [4.78, 5) is 14.5. The number of hydrogen-bond donors (Lipinski definition) is 1. The van der Waals surface area contributed by atoms with E-state index in [2.05, 4.69) is 6.07 Å². The molecular formula is C22H30N2O4. The number of carbonyl (C=O) groups excluding carboxylic acids is 1. The maximum absolute atomic E-state index is 12.7. The summed E-state index contributed by atoms with van der Waals surface area (Å²) in [5.74, 6) is 0.736. The molecule has 0 radical (unpaired) electrons. The molecule has 28 heavy (non-hydrogen) atoms. The second-order valence-corrected chi connectivity index (χ2v) is 9.31. The Hall–Kier alpha value is -2.10. The molecule has 3 rings (SSSR count). The van der Waals surface area contributed by atoms with E-state index in [-0.39, 0.29) is 11.9 Å². The third kappa shape index (κ3) is 3.49. The van der Waals surface area contributed by atoms with Crippen molar-refractivity contribution < 1.29 is 19.4 Å². The molecule has 152 valence electrons. The Morgan fingerprint density at radius 1 is 1.32 bits per heavy atom. The molecule has 0 spiro atoms. The fraction of sp³-hybridized carbons (Fsp3) is 0.636. The Kier molecular flexibility index (Phi) is 4.97. The number of amides is 1. The highest BCUT2D eigenvalue weighted by molar-refractivity contribution is 5.79. The zero-order valence-corrected chi connectivity index (χ0v) is 17.6. The molecule has 0 aromatic heterocycles. The molecule has 0 aliphatic carbocycles. The summed E-state index contributed by atoms with van der Waals surface area (Å²) in [6.45, 7) is 11.6. The minimum atomic E-state index is -1.10. The average molecular weight is 386 g/mol. The van der Waals surface area contributed by atoms with Crippen LogP contribution in [0.1, 0.15) is 71.6 Å². The van der Waals surface area contributed by atoms with Crippen molar-refractivity contribution in [1.29, 1.82) is 5.26 Å². The van der Waals surface area contributed by atoms with E-state index < -0.39 is 22.9 Å². The zero-order valence-electron chi connectivity index (χ0n) is 17.6. The lowest BCUT2D eigenvalue weighted by Gasteiger charge is -2.51. The SMILES string of the molecule is CC1(C)Oc2ccc(C#N)cc2C(N2CCCC2=O)C1OC(C)(C)C(C)(C)O. The Morgan fingerprint density at radius 3 is 2.54 bits per heavy atom. The molecule has 1 saturated heterocycles. The van der Waals surface area contributed by atoms with Gasteiger partial charge in [0.2, 0.25) is 5.91 Å². The molecule has 1 amide bonds. The molecule has 6 heteroatoms. The molecular weight excluding hydrogens is 356 g/mol. The maximum atomic E-state index is 12.7. The van der Waals surface area contributed by atoms with E-state index in [1.165, 1.54) is 0 Å². The van der Waals surface area contributed by atoms with Gasteiger partial charge in [-0.25, -0.2) is 0 Å². The molecule has 2 aliphatic heterocycles. The van der Waals surface area contributed by atoms with Crippen LogP contribution in [0.5, 0.6) is 5.75 Å². The van der Waals surface area contributed by atoms with Crippen molar-refractivity contribution in [3.63, 3.8) is 0 Å². The van der Waals surface area contributed by atoms with E-state index in [1.54, 1.807) is 32.0 Å². The first kappa shape index (κ1) is 20.6. The van der Waals surface area contributed by atoms with E-state index in [0.717, 1.165) is 12.0 Å². The third-order valence-corrected chi connectivity index (χ3v) is 6.14. The number of nitriles is 1. The largest absolute Gasteiger partial charge is 0.485 e. The molecule has 1 aromatic carbocycles. The lowest BCUT2D eigenvalue weighted by Crippen LogP contribution is -2.60. The van der Waals surface area contributed by atoms with E-state index in [1.807, 2.05) is 32.6 Å². The Labute approximate surface area is 167 Å². The van der Waals surface area contributed by atoms with Crippen LogP contribution in [-0.4, -0.2) is 45.4 Å². The maximum Gasteiger partial charge on any atom is 0.223 e. The molecule has 1 aromatic rings. The molecule has 2 aliphatic rings. The summed E-state index contributed by atoms with van der Waals surface area (Å²) in [5, 5.41) is 20.0. The van der Waals surface area contributed by atoms with Crippen LogP contribution in [0.2, 0.25) is 0 Å².